The first-order valence-electron chi connectivity index (χ1n) is 9.14. The number of rotatable bonds is 6. The van der Waals surface area contributed by atoms with Crippen LogP contribution in [0.25, 0.3) is 11.0 Å². The number of aromatic nitrogens is 2. The predicted molar refractivity (Wildman–Crippen MR) is 104 cm³/mol. The number of fused-ring (bicyclic) bond motifs is 1. The number of aryl methyl sites for hydroxylation is 2. The van der Waals surface area contributed by atoms with Gasteiger partial charge in [-0.15, -0.1) is 6.58 Å². The van der Waals surface area contributed by atoms with E-state index in [0.717, 1.165) is 36.4 Å². The van der Waals surface area contributed by atoms with Crippen molar-refractivity contribution in [2.45, 2.75) is 25.3 Å². The number of imidazole rings is 1. The molecule has 0 N–H and O–H groups in total. The molecule has 1 fully saturated rings. The fourth-order valence-corrected chi connectivity index (χ4v) is 3.80. The number of para-hydroxylation sites is 2. The van der Waals surface area contributed by atoms with Gasteiger partial charge in [0.05, 0.1) is 11.0 Å². The van der Waals surface area contributed by atoms with Crippen molar-refractivity contribution in [3.05, 3.63) is 78.6 Å². The molecule has 0 saturated carbocycles. The highest BCUT2D eigenvalue weighted by atomic mass is 16.2. The van der Waals surface area contributed by atoms with Crippen molar-refractivity contribution in [3.8, 4) is 0 Å². The van der Waals surface area contributed by atoms with E-state index in [1.54, 1.807) is 6.08 Å². The molecule has 1 aromatic heterocycles. The van der Waals surface area contributed by atoms with Crippen LogP contribution < -0.4 is 0 Å². The number of carbonyl (C=O) groups excluding carboxylic acids is 1. The van der Waals surface area contributed by atoms with Gasteiger partial charge in [-0.25, -0.2) is 4.98 Å². The topological polar surface area (TPSA) is 38.1 Å². The van der Waals surface area contributed by atoms with Crippen molar-refractivity contribution in [1.82, 2.24) is 14.5 Å². The second kappa shape index (κ2) is 7.16. The molecule has 1 atom stereocenters. The maximum atomic E-state index is 12.3. The average molecular weight is 345 g/mol. The van der Waals surface area contributed by atoms with Crippen LogP contribution in [-0.4, -0.2) is 33.4 Å². The van der Waals surface area contributed by atoms with E-state index in [9.17, 15) is 4.79 Å². The molecule has 26 heavy (non-hydrogen) atoms. The highest BCUT2D eigenvalue weighted by molar-refractivity contribution is 5.81. The highest BCUT2D eigenvalue weighted by Gasteiger charge is 2.33. The average Bonchev–Trinajstić information content (AvgIpc) is 3.22. The second-order valence-corrected chi connectivity index (χ2v) is 6.83. The molecule has 0 spiro atoms. The van der Waals surface area contributed by atoms with Gasteiger partial charge in [0.1, 0.15) is 5.82 Å². The summed E-state index contributed by atoms with van der Waals surface area (Å²) in [5.74, 6) is 1.37. The molecule has 4 nitrogen and oxygen atoms in total. The zero-order valence-corrected chi connectivity index (χ0v) is 14.8. The molecule has 0 aliphatic carbocycles. The third kappa shape index (κ3) is 3.15. The SMILES string of the molecule is C=CCN1CC(c2nc3ccccc3n2CCc2ccccc2)CC1=O. The molecular formula is C22H23N3O. The summed E-state index contributed by atoms with van der Waals surface area (Å²) in [7, 11) is 0. The smallest absolute Gasteiger partial charge is 0.223 e. The van der Waals surface area contributed by atoms with Crippen molar-refractivity contribution >= 4 is 16.9 Å². The fourth-order valence-electron chi connectivity index (χ4n) is 3.80. The quantitative estimate of drug-likeness (QED) is 0.638. The van der Waals surface area contributed by atoms with Crippen LogP contribution in [0.3, 0.4) is 0 Å². The van der Waals surface area contributed by atoms with Crippen LogP contribution in [0.2, 0.25) is 0 Å². The largest absolute Gasteiger partial charge is 0.338 e. The van der Waals surface area contributed by atoms with E-state index in [-0.39, 0.29) is 11.8 Å². The van der Waals surface area contributed by atoms with Crippen LogP contribution >= 0.6 is 0 Å². The summed E-state index contributed by atoms with van der Waals surface area (Å²) in [6.07, 6.45) is 3.27. The molecule has 1 amide bonds. The molecule has 0 bridgehead atoms. The molecule has 4 rings (SSSR count). The summed E-state index contributed by atoms with van der Waals surface area (Å²) < 4.78 is 2.30. The van der Waals surface area contributed by atoms with E-state index < -0.39 is 0 Å². The molecule has 2 aromatic carbocycles. The molecule has 0 radical (unpaired) electrons. The van der Waals surface area contributed by atoms with Crippen LogP contribution in [0.15, 0.2) is 67.3 Å². The molecule has 1 aliphatic rings. The number of benzene rings is 2. The Morgan fingerprint density at radius 2 is 1.88 bits per heavy atom. The maximum absolute atomic E-state index is 12.3. The number of amides is 1. The fraction of sp³-hybridized carbons (Fsp3) is 0.273. The van der Waals surface area contributed by atoms with Crippen LogP contribution in [0.4, 0.5) is 0 Å². The lowest BCUT2D eigenvalue weighted by Crippen LogP contribution is -2.25. The number of hydrogen-bond donors (Lipinski definition) is 0. The van der Waals surface area contributed by atoms with E-state index in [1.807, 2.05) is 17.0 Å². The van der Waals surface area contributed by atoms with Crippen LogP contribution in [0, 0.1) is 0 Å². The summed E-state index contributed by atoms with van der Waals surface area (Å²) in [5, 5.41) is 0. The van der Waals surface area contributed by atoms with Gasteiger partial charge in [-0.2, -0.15) is 0 Å². The highest BCUT2D eigenvalue weighted by Crippen LogP contribution is 2.30. The van der Waals surface area contributed by atoms with E-state index >= 15 is 0 Å². The van der Waals surface area contributed by atoms with Crippen molar-refractivity contribution in [2.75, 3.05) is 13.1 Å². The van der Waals surface area contributed by atoms with Crippen LogP contribution in [0.1, 0.15) is 23.7 Å². The Bertz CT molecular complexity index is 929. The summed E-state index contributed by atoms with van der Waals surface area (Å²) in [6, 6.07) is 18.7. The lowest BCUT2D eigenvalue weighted by molar-refractivity contribution is -0.127. The Morgan fingerprint density at radius 3 is 2.69 bits per heavy atom. The van der Waals surface area contributed by atoms with E-state index in [4.69, 9.17) is 4.98 Å². The lowest BCUT2D eigenvalue weighted by Gasteiger charge is -2.15. The van der Waals surface area contributed by atoms with Gasteiger partial charge in [0.25, 0.3) is 0 Å². The molecule has 1 aliphatic heterocycles. The molecule has 3 aromatic rings. The number of nitrogens with zero attached hydrogens (tertiary/aromatic N) is 3. The van der Waals surface area contributed by atoms with Gasteiger partial charge in [0.15, 0.2) is 0 Å². The minimum Gasteiger partial charge on any atom is -0.338 e. The summed E-state index contributed by atoms with van der Waals surface area (Å²) in [5.41, 5.74) is 3.46. The van der Waals surface area contributed by atoms with Gasteiger partial charge in [0.2, 0.25) is 5.91 Å². The Labute approximate surface area is 153 Å². The first kappa shape index (κ1) is 16.6. The number of carbonyl (C=O) groups is 1. The maximum Gasteiger partial charge on any atom is 0.223 e. The van der Waals surface area contributed by atoms with Gasteiger partial charge >= 0.3 is 0 Å². The van der Waals surface area contributed by atoms with Gasteiger partial charge in [-0.3, -0.25) is 4.79 Å². The monoisotopic (exact) mass is 345 g/mol. The summed E-state index contributed by atoms with van der Waals surface area (Å²) >= 11 is 0. The third-order valence-corrected chi connectivity index (χ3v) is 5.08. The lowest BCUT2D eigenvalue weighted by atomic mass is 10.1. The molecular weight excluding hydrogens is 322 g/mol. The van der Waals surface area contributed by atoms with Crippen molar-refractivity contribution in [2.24, 2.45) is 0 Å². The van der Waals surface area contributed by atoms with Crippen molar-refractivity contribution in [3.63, 3.8) is 0 Å². The van der Waals surface area contributed by atoms with Gasteiger partial charge in [-0.1, -0.05) is 48.5 Å². The van der Waals surface area contributed by atoms with Crippen LogP contribution in [-0.2, 0) is 17.8 Å². The van der Waals surface area contributed by atoms with Gasteiger partial charge in [-0.05, 0) is 24.1 Å². The van der Waals surface area contributed by atoms with Crippen molar-refractivity contribution < 1.29 is 4.79 Å². The second-order valence-electron chi connectivity index (χ2n) is 6.83. The molecule has 1 unspecified atom stereocenters. The normalized spacial score (nSPS) is 17.2. The van der Waals surface area contributed by atoms with Gasteiger partial charge in [0, 0.05) is 32.0 Å². The Morgan fingerprint density at radius 1 is 1.12 bits per heavy atom. The standard InChI is InChI=1S/C22H23N3O/c1-2-13-24-16-18(15-21(24)26)22-23-19-10-6-7-11-20(19)25(22)14-12-17-8-4-3-5-9-17/h2-11,18H,1,12-16H2. The Hall–Kier alpha value is -2.88. The Balaban J connectivity index is 1.66. The minimum atomic E-state index is 0.144. The predicted octanol–water partition coefficient (Wildman–Crippen LogP) is 3.78. The molecule has 4 heteroatoms. The first-order valence-corrected chi connectivity index (χ1v) is 9.14. The zero-order valence-electron chi connectivity index (χ0n) is 14.8. The van der Waals surface area contributed by atoms with E-state index in [0.29, 0.717) is 13.0 Å². The summed E-state index contributed by atoms with van der Waals surface area (Å²) in [4.78, 5) is 19.1. The first-order chi connectivity index (χ1) is 12.8. The number of hydrogen-bond acceptors (Lipinski definition) is 2. The summed E-state index contributed by atoms with van der Waals surface area (Å²) in [6.45, 7) is 5.96. The van der Waals surface area contributed by atoms with Gasteiger partial charge < -0.3 is 9.47 Å². The van der Waals surface area contributed by atoms with E-state index in [2.05, 4.69) is 53.6 Å². The zero-order chi connectivity index (χ0) is 17.9. The van der Waals surface area contributed by atoms with E-state index in [1.165, 1.54) is 5.56 Å². The molecule has 132 valence electrons. The minimum absolute atomic E-state index is 0.144. The Kier molecular flexibility index (Phi) is 4.57. The van der Waals surface area contributed by atoms with Crippen LogP contribution in [0.5, 0.6) is 0 Å². The van der Waals surface area contributed by atoms with Crippen molar-refractivity contribution in [1.29, 1.82) is 0 Å². The molecule has 1 saturated heterocycles. The molecule has 2 heterocycles. The number of likely N-dealkylation sites (tertiary alicyclic amines) is 1. The third-order valence-electron chi connectivity index (χ3n) is 5.08.